The molecular weight excluding hydrogens is 386 g/mol. The quantitative estimate of drug-likeness (QED) is 0.573. The first-order valence-corrected chi connectivity index (χ1v) is 11.3. The van der Waals surface area contributed by atoms with Gasteiger partial charge in [-0.15, -0.1) is 0 Å². The van der Waals surface area contributed by atoms with E-state index in [2.05, 4.69) is 93.7 Å². The lowest BCUT2D eigenvalue weighted by atomic mass is 10.1. The predicted octanol–water partition coefficient (Wildman–Crippen LogP) is 2.46. The van der Waals surface area contributed by atoms with Gasteiger partial charge in [-0.05, 0) is 29.7 Å². The molecule has 0 bridgehead atoms. The molecule has 0 spiro atoms. The Kier molecular flexibility index (Phi) is 7.10. The Labute approximate surface area is 186 Å². The number of hydrogen-bond acceptors (Lipinski definition) is 4. The Balaban J connectivity index is 1.31. The molecule has 2 aliphatic heterocycles. The number of nitrogens with one attached hydrogen (secondary N) is 1. The van der Waals surface area contributed by atoms with E-state index in [1.165, 1.54) is 16.8 Å². The maximum absolute atomic E-state index is 6.13. The molecule has 0 amide bonds. The zero-order valence-corrected chi connectivity index (χ0v) is 19.0. The highest BCUT2D eigenvalue weighted by molar-refractivity contribution is 5.80. The molecule has 1 N–H and O–H groups in total. The Morgan fingerprint density at radius 1 is 1.06 bits per heavy atom. The van der Waals surface area contributed by atoms with Crippen LogP contribution in [0.1, 0.15) is 11.1 Å². The number of anilines is 1. The highest BCUT2D eigenvalue weighted by atomic mass is 16.5. The number of ether oxygens (including phenoxy) is 1. The van der Waals surface area contributed by atoms with Crippen LogP contribution in [0.4, 0.5) is 5.69 Å². The van der Waals surface area contributed by atoms with Crippen molar-refractivity contribution in [3.8, 4) is 0 Å². The van der Waals surface area contributed by atoms with E-state index < -0.39 is 0 Å². The van der Waals surface area contributed by atoms with Crippen LogP contribution in [-0.4, -0.2) is 81.8 Å². The topological polar surface area (TPSA) is 43.3 Å². The molecule has 6 heteroatoms. The third-order valence-electron chi connectivity index (χ3n) is 6.31. The fraction of sp³-hybridized carbons (Fsp3) is 0.480. The number of likely N-dealkylation sites (tertiary alicyclic amines) is 1. The van der Waals surface area contributed by atoms with Crippen LogP contribution >= 0.6 is 0 Å². The summed E-state index contributed by atoms with van der Waals surface area (Å²) >= 11 is 0. The van der Waals surface area contributed by atoms with Crippen LogP contribution < -0.4 is 10.2 Å². The lowest BCUT2D eigenvalue weighted by Crippen LogP contribution is -2.50. The SMILES string of the molecule is CN=C(NCCc1ccc(N(C)C)cc1)N1CC2OCCN(Cc3ccccc3)C2C1. The summed E-state index contributed by atoms with van der Waals surface area (Å²) in [4.78, 5) is 11.6. The van der Waals surface area contributed by atoms with Crippen LogP contribution in [0.25, 0.3) is 0 Å². The van der Waals surface area contributed by atoms with Crippen LogP contribution in [0.3, 0.4) is 0 Å². The molecule has 2 fully saturated rings. The number of nitrogens with zero attached hydrogens (tertiary/aromatic N) is 4. The second-order valence-corrected chi connectivity index (χ2v) is 8.62. The zero-order valence-electron chi connectivity index (χ0n) is 19.0. The molecule has 2 heterocycles. The van der Waals surface area contributed by atoms with E-state index in [4.69, 9.17) is 4.74 Å². The molecule has 4 rings (SSSR count). The second-order valence-electron chi connectivity index (χ2n) is 8.62. The summed E-state index contributed by atoms with van der Waals surface area (Å²) in [6, 6.07) is 19.9. The van der Waals surface area contributed by atoms with Gasteiger partial charge >= 0.3 is 0 Å². The number of rotatable bonds is 6. The van der Waals surface area contributed by atoms with Gasteiger partial charge in [0.15, 0.2) is 5.96 Å². The van der Waals surface area contributed by atoms with E-state index >= 15 is 0 Å². The molecule has 2 aliphatic rings. The van der Waals surface area contributed by atoms with Crippen LogP contribution in [0.15, 0.2) is 59.6 Å². The summed E-state index contributed by atoms with van der Waals surface area (Å²) in [5.41, 5.74) is 3.93. The lowest BCUT2D eigenvalue weighted by molar-refractivity contribution is -0.0502. The molecule has 2 aromatic carbocycles. The van der Waals surface area contributed by atoms with E-state index in [1.807, 2.05) is 7.05 Å². The monoisotopic (exact) mass is 421 g/mol. The highest BCUT2D eigenvalue weighted by Gasteiger charge is 2.41. The number of hydrogen-bond donors (Lipinski definition) is 1. The van der Waals surface area contributed by atoms with Gasteiger partial charge in [0.1, 0.15) is 0 Å². The van der Waals surface area contributed by atoms with Crippen molar-refractivity contribution in [1.82, 2.24) is 15.1 Å². The minimum atomic E-state index is 0.245. The maximum atomic E-state index is 6.13. The van der Waals surface area contributed by atoms with Crippen molar-refractivity contribution in [2.45, 2.75) is 25.1 Å². The van der Waals surface area contributed by atoms with Gasteiger partial charge in [0, 0.05) is 59.6 Å². The molecule has 0 saturated carbocycles. The van der Waals surface area contributed by atoms with Crippen molar-refractivity contribution < 1.29 is 4.74 Å². The molecule has 31 heavy (non-hydrogen) atoms. The summed E-state index contributed by atoms with van der Waals surface area (Å²) in [6.07, 6.45) is 1.22. The van der Waals surface area contributed by atoms with Crippen LogP contribution in [0.2, 0.25) is 0 Å². The number of fused-ring (bicyclic) bond motifs is 1. The third-order valence-corrected chi connectivity index (χ3v) is 6.31. The Bertz CT molecular complexity index is 852. The Hall–Kier alpha value is -2.57. The smallest absolute Gasteiger partial charge is 0.193 e. The maximum Gasteiger partial charge on any atom is 0.193 e. The minimum absolute atomic E-state index is 0.245. The van der Waals surface area contributed by atoms with E-state index in [1.54, 1.807) is 0 Å². The van der Waals surface area contributed by atoms with Crippen molar-refractivity contribution in [3.05, 3.63) is 65.7 Å². The zero-order chi connectivity index (χ0) is 21.6. The number of aliphatic imine (C=N–C) groups is 1. The van der Waals surface area contributed by atoms with Crippen molar-refractivity contribution >= 4 is 11.6 Å². The molecule has 0 aromatic heterocycles. The predicted molar refractivity (Wildman–Crippen MR) is 128 cm³/mol. The molecule has 2 saturated heterocycles. The fourth-order valence-electron chi connectivity index (χ4n) is 4.56. The minimum Gasteiger partial charge on any atom is -0.378 e. The number of morpholine rings is 1. The summed E-state index contributed by atoms with van der Waals surface area (Å²) in [7, 11) is 6.01. The van der Waals surface area contributed by atoms with Crippen LogP contribution in [-0.2, 0) is 17.7 Å². The van der Waals surface area contributed by atoms with E-state index in [0.717, 1.165) is 51.7 Å². The lowest BCUT2D eigenvalue weighted by Gasteiger charge is -2.36. The third kappa shape index (κ3) is 5.38. The second kappa shape index (κ2) is 10.2. The first-order valence-electron chi connectivity index (χ1n) is 11.3. The standard InChI is InChI=1S/C25H35N5O/c1-26-25(27-14-13-20-9-11-22(12-10-20)28(2)3)30-18-23-24(19-30)31-16-15-29(23)17-21-7-5-4-6-8-21/h4-12,23-24H,13-19H2,1-3H3,(H,26,27). The average molecular weight is 422 g/mol. The van der Waals surface area contributed by atoms with Crippen molar-refractivity contribution in [2.75, 3.05) is 58.8 Å². The molecule has 166 valence electrons. The van der Waals surface area contributed by atoms with Gasteiger partial charge in [-0.25, -0.2) is 0 Å². The van der Waals surface area contributed by atoms with Crippen LogP contribution in [0.5, 0.6) is 0 Å². The van der Waals surface area contributed by atoms with E-state index in [-0.39, 0.29) is 6.10 Å². The van der Waals surface area contributed by atoms with Gasteiger partial charge in [0.2, 0.25) is 0 Å². The van der Waals surface area contributed by atoms with Crippen molar-refractivity contribution in [1.29, 1.82) is 0 Å². The van der Waals surface area contributed by atoms with Crippen molar-refractivity contribution in [3.63, 3.8) is 0 Å². The first kappa shape index (κ1) is 21.7. The fourth-order valence-corrected chi connectivity index (χ4v) is 4.56. The summed E-state index contributed by atoms with van der Waals surface area (Å²) in [6.45, 7) is 5.49. The molecular formula is C25H35N5O. The highest BCUT2D eigenvalue weighted by Crippen LogP contribution is 2.24. The average Bonchev–Trinajstić information content (AvgIpc) is 3.23. The van der Waals surface area contributed by atoms with Gasteiger partial charge in [-0.2, -0.15) is 0 Å². The molecule has 2 aromatic rings. The Morgan fingerprint density at radius 2 is 1.84 bits per heavy atom. The van der Waals surface area contributed by atoms with Gasteiger partial charge in [0.05, 0.1) is 18.8 Å². The molecule has 2 unspecified atom stereocenters. The van der Waals surface area contributed by atoms with E-state index in [9.17, 15) is 0 Å². The molecule has 0 radical (unpaired) electrons. The molecule has 6 nitrogen and oxygen atoms in total. The first-order chi connectivity index (χ1) is 15.1. The molecule has 2 atom stereocenters. The van der Waals surface area contributed by atoms with Gasteiger partial charge in [0.25, 0.3) is 0 Å². The number of benzene rings is 2. The van der Waals surface area contributed by atoms with Gasteiger partial charge in [-0.1, -0.05) is 42.5 Å². The van der Waals surface area contributed by atoms with Gasteiger partial charge in [-0.3, -0.25) is 9.89 Å². The summed E-state index contributed by atoms with van der Waals surface area (Å²) in [5, 5.41) is 3.56. The van der Waals surface area contributed by atoms with Crippen molar-refractivity contribution in [2.24, 2.45) is 4.99 Å². The van der Waals surface area contributed by atoms with Gasteiger partial charge < -0.3 is 19.9 Å². The normalized spacial score (nSPS) is 21.8. The molecule has 0 aliphatic carbocycles. The summed E-state index contributed by atoms with van der Waals surface area (Å²) in [5.74, 6) is 0.975. The summed E-state index contributed by atoms with van der Waals surface area (Å²) < 4.78 is 6.13. The van der Waals surface area contributed by atoms with Crippen LogP contribution in [0, 0.1) is 0 Å². The Morgan fingerprint density at radius 3 is 2.55 bits per heavy atom. The largest absolute Gasteiger partial charge is 0.378 e. The van der Waals surface area contributed by atoms with E-state index in [0.29, 0.717) is 6.04 Å². The number of guanidine groups is 1.